The Morgan fingerprint density at radius 3 is 2.23 bits per heavy atom. The third kappa shape index (κ3) is 5.04. The summed E-state index contributed by atoms with van der Waals surface area (Å²) in [6, 6.07) is 14.7. The van der Waals surface area contributed by atoms with Crippen molar-refractivity contribution in [1.82, 2.24) is 10.2 Å². The molecule has 2 unspecified atom stereocenters. The van der Waals surface area contributed by atoms with Gasteiger partial charge in [0.1, 0.15) is 18.7 Å². The Morgan fingerprint density at radius 1 is 0.943 bits per heavy atom. The number of nitrogens with one attached hydrogen (secondary N) is 1. The van der Waals surface area contributed by atoms with E-state index in [9.17, 15) is 19.5 Å². The summed E-state index contributed by atoms with van der Waals surface area (Å²) in [7, 11) is 0. The van der Waals surface area contributed by atoms with Crippen molar-refractivity contribution in [1.29, 1.82) is 0 Å². The molecule has 7 heteroatoms. The molecule has 35 heavy (non-hydrogen) atoms. The Morgan fingerprint density at radius 2 is 1.60 bits per heavy atom. The highest BCUT2D eigenvalue weighted by molar-refractivity contribution is 5.89. The molecule has 0 spiro atoms. The third-order valence-corrected chi connectivity index (χ3v) is 7.52. The summed E-state index contributed by atoms with van der Waals surface area (Å²) in [5.41, 5.74) is 4.56. The first kappa shape index (κ1) is 23.4. The van der Waals surface area contributed by atoms with E-state index in [-0.39, 0.29) is 18.4 Å². The standard InChI is InChI=1S/C28H32N2O5/c31-26(30-15-7-1-2-12-25(30)27(32)33)24(16-18-13-14-18)29-28(34)35-17-23-21-10-5-3-8-19(21)20-9-4-6-11-22(20)23/h3-6,8-11,18,23-25H,1-2,7,12-17H2,(H,29,34)(H,32,33). The maximum absolute atomic E-state index is 13.4. The van der Waals surface area contributed by atoms with E-state index in [4.69, 9.17) is 4.74 Å². The van der Waals surface area contributed by atoms with Crippen LogP contribution in [0, 0.1) is 5.92 Å². The Balaban J connectivity index is 1.27. The summed E-state index contributed by atoms with van der Waals surface area (Å²) >= 11 is 0. The number of benzene rings is 2. The van der Waals surface area contributed by atoms with E-state index < -0.39 is 24.1 Å². The first-order valence-corrected chi connectivity index (χ1v) is 12.7. The SMILES string of the molecule is O=C(NC(CC1CC1)C(=O)N1CCCCCC1C(=O)O)OCC1c2ccccc2-c2ccccc21. The first-order valence-electron chi connectivity index (χ1n) is 12.7. The number of likely N-dealkylation sites (tertiary alicyclic amines) is 1. The van der Waals surface area contributed by atoms with Crippen molar-refractivity contribution in [2.75, 3.05) is 13.2 Å². The third-order valence-electron chi connectivity index (χ3n) is 7.52. The van der Waals surface area contributed by atoms with Crippen molar-refractivity contribution in [3.63, 3.8) is 0 Å². The molecule has 1 heterocycles. The van der Waals surface area contributed by atoms with Crippen LogP contribution in [-0.4, -0.2) is 53.2 Å². The minimum Gasteiger partial charge on any atom is -0.480 e. The number of amides is 2. The number of aliphatic carboxylic acids is 1. The second kappa shape index (κ2) is 10.1. The number of ether oxygens (including phenoxy) is 1. The first-order chi connectivity index (χ1) is 17.0. The zero-order chi connectivity index (χ0) is 24.4. The zero-order valence-electron chi connectivity index (χ0n) is 19.8. The topological polar surface area (TPSA) is 95.9 Å². The summed E-state index contributed by atoms with van der Waals surface area (Å²) in [6.07, 6.45) is 4.85. The van der Waals surface area contributed by atoms with Crippen LogP contribution in [0.5, 0.6) is 0 Å². The predicted molar refractivity (Wildman–Crippen MR) is 131 cm³/mol. The lowest BCUT2D eigenvalue weighted by atomic mass is 9.98. The van der Waals surface area contributed by atoms with Crippen LogP contribution >= 0.6 is 0 Å². The molecule has 2 amide bonds. The van der Waals surface area contributed by atoms with Crippen LogP contribution in [0.25, 0.3) is 11.1 Å². The molecule has 184 valence electrons. The molecule has 3 aliphatic rings. The Hall–Kier alpha value is -3.35. The zero-order valence-corrected chi connectivity index (χ0v) is 19.8. The molecule has 2 aromatic rings. The molecule has 2 atom stereocenters. The number of rotatable bonds is 7. The molecule has 0 radical (unpaired) electrons. The molecular weight excluding hydrogens is 444 g/mol. The number of carbonyl (C=O) groups excluding carboxylic acids is 2. The molecule has 5 rings (SSSR count). The maximum atomic E-state index is 13.4. The average molecular weight is 477 g/mol. The summed E-state index contributed by atoms with van der Waals surface area (Å²) in [4.78, 5) is 39.6. The predicted octanol–water partition coefficient (Wildman–Crippen LogP) is 4.55. The second-order valence-corrected chi connectivity index (χ2v) is 9.94. The lowest BCUT2D eigenvalue weighted by Crippen LogP contribution is -2.54. The van der Waals surface area contributed by atoms with Crippen molar-refractivity contribution < 1.29 is 24.2 Å². The van der Waals surface area contributed by atoms with E-state index in [1.54, 1.807) is 0 Å². The van der Waals surface area contributed by atoms with Crippen LogP contribution in [-0.2, 0) is 14.3 Å². The molecule has 7 nitrogen and oxygen atoms in total. The van der Waals surface area contributed by atoms with E-state index in [0.29, 0.717) is 25.3 Å². The lowest BCUT2D eigenvalue weighted by molar-refractivity contribution is -0.151. The monoisotopic (exact) mass is 476 g/mol. The van der Waals surface area contributed by atoms with Gasteiger partial charge in [-0.1, -0.05) is 74.2 Å². The van der Waals surface area contributed by atoms with E-state index in [0.717, 1.165) is 54.4 Å². The van der Waals surface area contributed by atoms with Gasteiger partial charge in [0.2, 0.25) is 5.91 Å². The van der Waals surface area contributed by atoms with Crippen LogP contribution < -0.4 is 5.32 Å². The van der Waals surface area contributed by atoms with Crippen LogP contribution in [0.3, 0.4) is 0 Å². The number of nitrogens with zero attached hydrogens (tertiary/aromatic N) is 1. The van der Waals surface area contributed by atoms with Crippen LogP contribution in [0.2, 0.25) is 0 Å². The summed E-state index contributed by atoms with van der Waals surface area (Å²) in [5.74, 6) is -0.966. The highest BCUT2D eigenvalue weighted by Gasteiger charge is 2.38. The minimum atomic E-state index is -0.980. The summed E-state index contributed by atoms with van der Waals surface area (Å²) in [5, 5.41) is 12.5. The van der Waals surface area contributed by atoms with Crippen molar-refractivity contribution in [2.45, 2.75) is 62.9 Å². The lowest BCUT2D eigenvalue weighted by Gasteiger charge is -2.31. The summed E-state index contributed by atoms with van der Waals surface area (Å²) < 4.78 is 5.67. The number of alkyl carbamates (subject to hydrolysis) is 1. The van der Waals surface area contributed by atoms with Crippen LogP contribution in [0.4, 0.5) is 4.79 Å². The quantitative estimate of drug-likeness (QED) is 0.611. The van der Waals surface area contributed by atoms with E-state index in [1.807, 2.05) is 24.3 Å². The van der Waals surface area contributed by atoms with Crippen LogP contribution in [0.15, 0.2) is 48.5 Å². The molecule has 1 aliphatic heterocycles. The van der Waals surface area contributed by atoms with Gasteiger partial charge in [0.15, 0.2) is 0 Å². The molecule has 1 saturated carbocycles. The van der Waals surface area contributed by atoms with Gasteiger partial charge in [-0.3, -0.25) is 4.79 Å². The van der Waals surface area contributed by atoms with Gasteiger partial charge < -0.3 is 20.1 Å². The normalized spacial score (nSPS) is 20.3. The van der Waals surface area contributed by atoms with Gasteiger partial charge in [0.05, 0.1) is 0 Å². The van der Waals surface area contributed by atoms with Crippen molar-refractivity contribution in [3.05, 3.63) is 59.7 Å². The van der Waals surface area contributed by atoms with Gasteiger partial charge in [-0.25, -0.2) is 9.59 Å². The average Bonchev–Trinajstić information content (AvgIpc) is 3.66. The number of carbonyl (C=O) groups is 3. The Bertz CT molecular complexity index is 1070. The molecule has 2 aliphatic carbocycles. The number of fused-ring (bicyclic) bond motifs is 3. The number of hydrogen-bond donors (Lipinski definition) is 2. The van der Waals surface area contributed by atoms with Crippen molar-refractivity contribution in [2.24, 2.45) is 5.92 Å². The van der Waals surface area contributed by atoms with Gasteiger partial charge in [-0.15, -0.1) is 0 Å². The molecule has 2 fully saturated rings. The largest absolute Gasteiger partial charge is 0.480 e. The number of carboxylic acid groups (broad SMARTS) is 1. The van der Waals surface area contributed by atoms with Gasteiger partial charge in [-0.2, -0.15) is 0 Å². The molecular formula is C28H32N2O5. The highest BCUT2D eigenvalue weighted by atomic mass is 16.5. The molecule has 0 aromatic heterocycles. The van der Waals surface area contributed by atoms with E-state index in [2.05, 4.69) is 29.6 Å². The minimum absolute atomic E-state index is 0.0623. The van der Waals surface area contributed by atoms with E-state index >= 15 is 0 Å². The molecule has 1 saturated heterocycles. The fraction of sp³-hybridized carbons (Fsp3) is 0.464. The highest BCUT2D eigenvalue weighted by Crippen LogP contribution is 2.44. The smallest absolute Gasteiger partial charge is 0.407 e. The molecule has 2 N–H and O–H groups in total. The summed E-state index contributed by atoms with van der Waals surface area (Å²) in [6.45, 7) is 0.578. The fourth-order valence-corrected chi connectivity index (χ4v) is 5.52. The van der Waals surface area contributed by atoms with E-state index in [1.165, 1.54) is 4.90 Å². The van der Waals surface area contributed by atoms with Crippen molar-refractivity contribution >= 4 is 18.0 Å². The van der Waals surface area contributed by atoms with Gasteiger partial charge in [0.25, 0.3) is 0 Å². The second-order valence-electron chi connectivity index (χ2n) is 9.94. The molecule has 2 aromatic carbocycles. The van der Waals surface area contributed by atoms with Gasteiger partial charge >= 0.3 is 12.1 Å². The maximum Gasteiger partial charge on any atom is 0.407 e. The van der Waals surface area contributed by atoms with Crippen LogP contribution in [0.1, 0.15) is 62.0 Å². The van der Waals surface area contributed by atoms with Crippen molar-refractivity contribution in [3.8, 4) is 11.1 Å². The van der Waals surface area contributed by atoms with Gasteiger partial charge in [-0.05, 0) is 47.4 Å². The fourth-order valence-electron chi connectivity index (χ4n) is 5.52. The Labute approximate surface area is 205 Å². The Kier molecular flexibility index (Phi) is 6.75. The molecule has 0 bridgehead atoms. The number of hydrogen-bond acceptors (Lipinski definition) is 4. The number of carboxylic acids is 1. The van der Waals surface area contributed by atoms with Gasteiger partial charge in [0, 0.05) is 12.5 Å².